The van der Waals surface area contributed by atoms with Crippen LogP contribution in [-0.2, 0) is 9.53 Å². The minimum absolute atomic E-state index is 0.342. The van der Waals surface area contributed by atoms with Crippen molar-refractivity contribution in [2.45, 2.75) is 38.7 Å². The van der Waals surface area contributed by atoms with Gasteiger partial charge in [0.1, 0.15) is 11.4 Å². The van der Waals surface area contributed by atoms with Gasteiger partial charge in [0.15, 0.2) is 0 Å². The molecular weight excluding hydrogens is 273 g/mol. The fraction of sp³-hybridized carbons (Fsp3) is 0.375. The third-order valence-electron chi connectivity index (χ3n) is 3.10. The van der Waals surface area contributed by atoms with Crippen molar-refractivity contribution in [3.8, 4) is 0 Å². The molecule has 0 fully saturated rings. The molecule has 112 valence electrons. The number of anilines is 1. The number of hydrogen-bond donors (Lipinski definition) is 0. The Bertz CT molecular complexity index is 604. The summed E-state index contributed by atoms with van der Waals surface area (Å²) in [6.07, 6.45) is 1.18. The third kappa shape index (κ3) is 2.96. The molecule has 2 rings (SSSR count). The maximum atomic E-state index is 13.4. The first-order chi connectivity index (χ1) is 9.74. The lowest BCUT2D eigenvalue weighted by Gasteiger charge is -2.24. The number of amides is 2. The quantitative estimate of drug-likeness (QED) is 0.779. The number of rotatable bonds is 2. The highest BCUT2D eigenvalue weighted by Gasteiger charge is 2.42. The number of benzene rings is 1. The van der Waals surface area contributed by atoms with Gasteiger partial charge in [-0.1, -0.05) is 6.08 Å². The average Bonchev–Trinajstić information content (AvgIpc) is 2.61. The molecular formula is C16H18FNO3. The van der Waals surface area contributed by atoms with Crippen LogP contribution in [-0.4, -0.2) is 17.6 Å². The molecule has 0 spiro atoms. The normalized spacial score (nSPS) is 17.6. The van der Waals surface area contributed by atoms with Crippen molar-refractivity contribution in [2.24, 2.45) is 0 Å². The molecule has 0 bridgehead atoms. The summed E-state index contributed by atoms with van der Waals surface area (Å²) in [5.74, 6) is -1.45. The van der Waals surface area contributed by atoms with Gasteiger partial charge in [-0.3, -0.25) is 4.79 Å². The molecule has 1 unspecified atom stereocenters. The van der Waals surface area contributed by atoms with E-state index in [0.717, 1.165) is 4.90 Å². The van der Waals surface area contributed by atoms with Gasteiger partial charge < -0.3 is 4.74 Å². The minimum atomic E-state index is -0.744. The second-order valence-electron chi connectivity index (χ2n) is 5.93. The molecule has 0 aliphatic carbocycles. The fourth-order valence-corrected chi connectivity index (χ4v) is 2.31. The molecule has 4 nitrogen and oxygen atoms in total. The van der Waals surface area contributed by atoms with Crippen molar-refractivity contribution >= 4 is 17.7 Å². The average molecular weight is 291 g/mol. The van der Waals surface area contributed by atoms with Crippen LogP contribution in [0.2, 0.25) is 0 Å². The highest BCUT2D eigenvalue weighted by atomic mass is 19.1. The van der Waals surface area contributed by atoms with Gasteiger partial charge in [-0.2, -0.15) is 0 Å². The standard InChI is InChI=1S/C16H18FNO3/c1-5-6-11-12-9-10(17)7-8-13(12)18(14(11)19)15(20)21-16(2,3)4/h5,7-9,11H,1,6H2,2-4H3. The third-order valence-corrected chi connectivity index (χ3v) is 3.10. The van der Waals surface area contributed by atoms with Crippen LogP contribution in [0.4, 0.5) is 14.9 Å². The SMILES string of the molecule is C=CCC1C(=O)N(C(=O)OC(C)(C)C)c2ccc(F)cc21. The van der Waals surface area contributed by atoms with Crippen LogP contribution in [0.1, 0.15) is 38.7 Å². The van der Waals surface area contributed by atoms with Crippen molar-refractivity contribution in [3.63, 3.8) is 0 Å². The van der Waals surface area contributed by atoms with Crippen molar-refractivity contribution < 1.29 is 18.7 Å². The van der Waals surface area contributed by atoms with Gasteiger partial charge in [-0.15, -0.1) is 6.58 Å². The Morgan fingerprint density at radius 3 is 2.71 bits per heavy atom. The summed E-state index contributed by atoms with van der Waals surface area (Å²) in [5.41, 5.74) is 0.155. The smallest absolute Gasteiger partial charge is 0.421 e. The molecule has 2 amide bonds. The molecule has 0 aromatic heterocycles. The lowest BCUT2D eigenvalue weighted by Crippen LogP contribution is -2.39. The number of ether oxygens (including phenoxy) is 1. The Labute approximate surface area is 123 Å². The van der Waals surface area contributed by atoms with Crippen LogP contribution < -0.4 is 4.90 Å². The molecule has 1 atom stereocenters. The minimum Gasteiger partial charge on any atom is -0.443 e. The van der Waals surface area contributed by atoms with E-state index in [9.17, 15) is 14.0 Å². The summed E-state index contributed by atoms with van der Waals surface area (Å²) in [6.45, 7) is 8.76. The van der Waals surface area contributed by atoms with E-state index in [1.807, 2.05) is 0 Å². The van der Waals surface area contributed by atoms with Crippen LogP contribution in [0.3, 0.4) is 0 Å². The van der Waals surface area contributed by atoms with E-state index in [2.05, 4.69) is 6.58 Å². The first-order valence-corrected chi connectivity index (χ1v) is 6.72. The van der Waals surface area contributed by atoms with Gasteiger partial charge in [0.25, 0.3) is 0 Å². The fourth-order valence-electron chi connectivity index (χ4n) is 2.31. The first-order valence-electron chi connectivity index (χ1n) is 6.72. The summed E-state index contributed by atoms with van der Waals surface area (Å²) < 4.78 is 18.7. The first kappa shape index (κ1) is 15.2. The Morgan fingerprint density at radius 2 is 2.14 bits per heavy atom. The Hall–Kier alpha value is -2.17. The molecule has 0 radical (unpaired) electrons. The van der Waals surface area contributed by atoms with E-state index in [0.29, 0.717) is 17.7 Å². The van der Waals surface area contributed by atoms with E-state index in [1.165, 1.54) is 18.2 Å². The summed E-state index contributed by atoms with van der Waals surface area (Å²) >= 11 is 0. The van der Waals surface area contributed by atoms with Crippen LogP contribution in [0.15, 0.2) is 30.9 Å². The molecule has 1 aromatic rings. The molecule has 0 N–H and O–H groups in total. The molecule has 21 heavy (non-hydrogen) atoms. The predicted molar refractivity (Wildman–Crippen MR) is 77.7 cm³/mol. The van der Waals surface area contributed by atoms with Crippen LogP contribution in [0, 0.1) is 5.82 Å². The number of carbonyl (C=O) groups is 2. The molecule has 1 aliphatic rings. The monoisotopic (exact) mass is 291 g/mol. The van der Waals surface area contributed by atoms with Gasteiger partial charge in [-0.25, -0.2) is 14.1 Å². The van der Waals surface area contributed by atoms with Crippen molar-refractivity contribution in [1.82, 2.24) is 0 Å². The molecule has 0 saturated carbocycles. The van der Waals surface area contributed by atoms with Crippen LogP contribution >= 0.6 is 0 Å². The zero-order chi connectivity index (χ0) is 15.8. The largest absolute Gasteiger partial charge is 0.443 e. The van der Waals surface area contributed by atoms with E-state index in [1.54, 1.807) is 26.8 Å². The molecule has 5 heteroatoms. The highest BCUT2D eigenvalue weighted by Crippen LogP contribution is 2.40. The molecule has 1 heterocycles. The summed E-state index contributed by atoms with van der Waals surface area (Å²) in [4.78, 5) is 25.7. The number of fused-ring (bicyclic) bond motifs is 1. The predicted octanol–water partition coefficient (Wildman–Crippen LogP) is 3.77. The Morgan fingerprint density at radius 1 is 1.48 bits per heavy atom. The van der Waals surface area contributed by atoms with Crippen molar-refractivity contribution in [1.29, 1.82) is 0 Å². The van der Waals surface area contributed by atoms with Gasteiger partial charge in [0.2, 0.25) is 5.91 Å². The molecule has 1 aromatic carbocycles. The second-order valence-corrected chi connectivity index (χ2v) is 5.93. The van der Waals surface area contributed by atoms with E-state index >= 15 is 0 Å². The maximum absolute atomic E-state index is 13.4. The maximum Gasteiger partial charge on any atom is 0.421 e. The lowest BCUT2D eigenvalue weighted by molar-refractivity contribution is -0.119. The van der Waals surface area contributed by atoms with E-state index in [-0.39, 0.29) is 0 Å². The van der Waals surface area contributed by atoms with Crippen molar-refractivity contribution in [3.05, 3.63) is 42.2 Å². The van der Waals surface area contributed by atoms with Crippen molar-refractivity contribution in [2.75, 3.05) is 4.90 Å². The Balaban J connectivity index is 2.42. The van der Waals surface area contributed by atoms with Gasteiger partial charge >= 0.3 is 6.09 Å². The zero-order valence-electron chi connectivity index (χ0n) is 12.4. The van der Waals surface area contributed by atoms with Gasteiger partial charge in [-0.05, 0) is 51.0 Å². The Kier molecular flexibility index (Phi) is 3.85. The zero-order valence-corrected chi connectivity index (χ0v) is 12.4. The molecule has 1 aliphatic heterocycles. The van der Waals surface area contributed by atoms with E-state index in [4.69, 9.17) is 4.74 Å². The van der Waals surface area contributed by atoms with Crippen LogP contribution in [0.25, 0.3) is 0 Å². The van der Waals surface area contributed by atoms with Crippen LogP contribution in [0.5, 0.6) is 0 Å². The van der Waals surface area contributed by atoms with Gasteiger partial charge in [0, 0.05) is 0 Å². The number of halogens is 1. The number of hydrogen-bond acceptors (Lipinski definition) is 3. The number of allylic oxidation sites excluding steroid dienone is 1. The molecule has 0 saturated heterocycles. The number of nitrogens with zero attached hydrogens (tertiary/aromatic N) is 1. The highest BCUT2D eigenvalue weighted by molar-refractivity contribution is 6.19. The summed E-state index contributed by atoms with van der Waals surface area (Å²) in [7, 11) is 0. The summed E-state index contributed by atoms with van der Waals surface area (Å²) in [6, 6.07) is 3.93. The van der Waals surface area contributed by atoms with Gasteiger partial charge in [0.05, 0.1) is 11.6 Å². The lowest BCUT2D eigenvalue weighted by atomic mass is 9.97. The number of imide groups is 1. The number of carbonyl (C=O) groups excluding carboxylic acids is 2. The van der Waals surface area contributed by atoms with E-state index < -0.39 is 29.3 Å². The summed E-state index contributed by atoms with van der Waals surface area (Å²) in [5, 5.41) is 0. The second kappa shape index (κ2) is 5.31. The topological polar surface area (TPSA) is 46.6 Å².